The smallest absolute Gasteiger partial charge is 0.411 e. The van der Waals surface area contributed by atoms with Gasteiger partial charge in [-0.15, -0.1) is 0 Å². The molecule has 1 N–H and O–H groups in total. The third kappa shape index (κ3) is 2.62. The summed E-state index contributed by atoms with van der Waals surface area (Å²) in [6, 6.07) is -0.816. The summed E-state index contributed by atoms with van der Waals surface area (Å²) in [5, 5.41) is 8.97. The second kappa shape index (κ2) is 5.34. The standard InChI is InChI=1S/C11H15NO4/c1-3-5-16-11(15)12-7-8(4-2)6-9(12)10(13)14/h3-4,9H,1,5-7H2,2H3,(H,13,14)/b8-4+/t9-/m0/s1. The van der Waals surface area contributed by atoms with Crippen molar-refractivity contribution in [3.8, 4) is 0 Å². The summed E-state index contributed by atoms with van der Waals surface area (Å²) in [6.07, 6.45) is 3.04. The van der Waals surface area contributed by atoms with Crippen LogP contribution in [-0.2, 0) is 9.53 Å². The van der Waals surface area contributed by atoms with Gasteiger partial charge in [0.05, 0.1) is 0 Å². The molecule has 0 saturated carbocycles. The average molecular weight is 225 g/mol. The van der Waals surface area contributed by atoms with Crippen molar-refractivity contribution in [2.45, 2.75) is 19.4 Å². The van der Waals surface area contributed by atoms with Crippen molar-refractivity contribution in [3.05, 3.63) is 24.3 Å². The number of amides is 1. The second-order valence-corrected chi connectivity index (χ2v) is 3.50. The van der Waals surface area contributed by atoms with Crippen molar-refractivity contribution in [1.29, 1.82) is 0 Å². The van der Waals surface area contributed by atoms with Gasteiger partial charge in [-0.05, 0) is 6.92 Å². The van der Waals surface area contributed by atoms with E-state index in [9.17, 15) is 9.59 Å². The van der Waals surface area contributed by atoms with Crippen molar-refractivity contribution < 1.29 is 19.4 Å². The molecule has 0 aromatic heterocycles. The summed E-state index contributed by atoms with van der Waals surface area (Å²) in [4.78, 5) is 23.7. The Hall–Kier alpha value is -1.78. The molecule has 1 aliphatic rings. The summed E-state index contributed by atoms with van der Waals surface area (Å²) >= 11 is 0. The molecule has 1 aliphatic heterocycles. The van der Waals surface area contributed by atoms with Gasteiger partial charge in [0.15, 0.2) is 0 Å². The zero-order valence-electron chi connectivity index (χ0n) is 9.18. The van der Waals surface area contributed by atoms with Gasteiger partial charge in [0.25, 0.3) is 0 Å². The number of aliphatic carboxylic acids is 1. The quantitative estimate of drug-likeness (QED) is 0.737. The van der Waals surface area contributed by atoms with Gasteiger partial charge < -0.3 is 9.84 Å². The molecule has 1 heterocycles. The van der Waals surface area contributed by atoms with Gasteiger partial charge in [0, 0.05) is 13.0 Å². The van der Waals surface area contributed by atoms with Gasteiger partial charge in [0.2, 0.25) is 0 Å². The number of likely N-dealkylation sites (tertiary alicyclic amines) is 1. The van der Waals surface area contributed by atoms with Crippen molar-refractivity contribution in [2.24, 2.45) is 0 Å². The zero-order valence-corrected chi connectivity index (χ0v) is 9.18. The van der Waals surface area contributed by atoms with E-state index in [0.29, 0.717) is 13.0 Å². The lowest BCUT2D eigenvalue weighted by Gasteiger charge is -2.19. The Bertz CT molecular complexity index is 335. The molecule has 16 heavy (non-hydrogen) atoms. The molecule has 0 bridgehead atoms. The van der Waals surface area contributed by atoms with Crippen LogP contribution in [0, 0.1) is 0 Å². The molecular weight excluding hydrogens is 210 g/mol. The first-order valence-corrected chi connectivity index (χ1v) is 5.01. The maximum absolute atomic E-state index is 11.5. The number of carboxylic acid groups (broad SMARTS) is 1. The molecule has 5 nitrogen and oxygen atoms in total. The van der Waals surface area contributed by atoms with Gasteiger partial charge >= 0.3 is 12.1 Å². The number of carbonyl (C=O) groups is 2. The van der Waals surface area contributed by atoms with E-state index >= 15 is 0 Å². The average Bonchev–Trinajstić information content (AvgIpc) is 2.70. The summed E-state index contributed by atoms with van der Waals surface area (Å²) in [5.41, 5.74) is 0.933. The van der Waals surface area contributed by atoms with Gasteiger partial charge in [-0.3, -0.25) is 4.90 Å². The second-order valence-electron chi connectivity index (χ2n) is 3.50. The zero-order chi connectivity index (χ0) is 12.1. The van der Waals surface area contributed by atoms with E-state index in [-0.39, 0.29) is 6.61 Å². The van der Waals surface area contributed by atoms with Crippen LogP contribution in [0.5, 0.6) is 0 Å². The van der Waals surface area contributed by atoms with E-state index < -0.39 is 18.1 Å². The van der Waals surface area contributed by atoms with Crippen LogP contribution in [0.3, 0.4) is 0 Å². The first-order chi connectivity index (χ1) is 7.60. The summed E-state index contributed by atoms with van der Waals surface area (Å²) in [6.45, 7) is 5.66. The highest BCUT2D eigenvalue weighted by molar-refractivity contribution is 5.81. The lowest BCUT2D eigenvalue weighted by atomic mass is 10.1. The molecule has 1 rings (SSSR count). The van der Waals surface area contributed by atoms with Crippen molar-refractivity contribution in [1.82, 2.24) is 4.90 Å². The maximum Gasteiger partial charge on any atom is 0.411 e. The Morgan fingerprint density at radius 1 is 1.69 bits per heavy atom. The van der Waals surface area contributed by atoms with Crippen LogP contribution >= 0.6 is 0 Å². The molecule has 1 atom stereocenters. The molecule has 1 saturated heterocycles. The highest BCUT2D eigenvalue weighted by Gasteiger charge is 2.37. The Morgan fingerprint density at radius 2 is 2.38 bits per heavy atom. The van der Waals surface area contributed by atoms with E-state index in [2.05, 4.69) is 6.58 Å². The number of nitrogens with zero attached hydrogens (tertiary/aromatic N) is 1. The first-order valence-electron chi connectivity index (χ1n) is 5.01. The molecule has 0 unspecified atom stereocenters. The van der Waals surface area contributed by atoms with Crippen LogP contribution in [0.4, 0.5) is 4.79 Å². The molecule has 1 fully saturated rings. The molecular formula is C11H15NO4. The fraction of sp³-hybridized carbons (Fsp3) is 0.455. The fourth-order valence-corrected chi connectivity index (χ4v) is 1.59. The van der Waals surface area contributed by atoms with Crippen LogP contribution < -0.4 is 0 Å². The Kier molecular flexibility index (Phi) is 4.10. The predicted molar refractivity (Wildman–Crippen MR) is 58.0 cm³/mol. The third-order valence-corrected chi connectivity index (χ3v) is 2.46. The van der Waals surface area contributed by atoms with Crippen LogP contribution in [-0.4, -0.2) is 41.3 Å². The van der Waals surface area contributed by atoms with Crippen LogP contribution in [0.1, 0.15) is 13.3 Å². The SMILES string of the molecule is C=CCOC(=O)N1C/C(=C/C)C[C@H]1C(=O)O. The molecule has 1 amide bonds. The highest BCUT2D eigenvalue weighted by atomic mass is 16.6. The number of carboxylic acids is 1. The minimum absolute atomic E-state index is 0.0901. The van der Waals surface area contributed by atoms with E-state index in [1.807, 2.05) is 13.0 Å². The monoisotopic (exact) mass is 225 g/mol. The van der Waals surface area contributed by atoms with Crippen LogP contribution in [0.2, 0.25) is 0 Å². The van der Waals surface area contributed by atoms with Gasteiger partial charge in [-0.1, -0.05) is 24.3 Å². The Morgan fingerprint density at radius 3 is 2.88 bits per heavy atom. The van der Waals surface area contributed by atoms with Crippen molar-refractivity contribution in [3.63, 3.8) is 0 Å². The number of rotatable bonds is 3. The number of hydrogen-bond donors (Lipinski definition) is 1. The number of hydrogen-bond acceptors (Lipinski definition) is 3. The lowest BCUT2D eigenvalue weighted by molar-refractivity contribution is -0.141. The minimum atomic E-state index is -1.01. The van der Waals surface area contributed by atoms with Gasteiger partial charge in [0.1, 0.15) is 12.6 Å². The topological polar surface area (TPSA) is 66.8 Å². The fourth-order valence-electron chi connectivity index (χ4n) is 1.59. The lowest BCUT2D eigenvalue weighted by Crippen LogP contribution is -2.40. The van der Waals surface area contributed by atoms with E-state index in [4.69, 9.17) is 9.84 Å². The molecule has 88 valence electrons. The molecule has 0 aliphatic carbocycles. The third-order valence-electron chi connectivity index (χ3n) is 2.46. The molecule has 0 radical (unpaired) electrons. The van der Waals surface area contributed by atoms with Crippen LogP contribution in [0.15, 0.2) is 24.3 Å². The van der Waals surface area contributed by atoms with Gasteiger partial charge in [-0.25, -0.2) is 9.59 Å². The van der Waals surface area contributed by atoms with E-state index in [1.165, 1.54) is 11.0 Å². The number of carbonyl (C=O) groups excluding carboxylic acids is 1. The van der Waals surface area contributed by atoms with Crippen molar-refractivity contribution in [2.75, 3.05) is 13.2 Å². The molecule has 0 spiro atoms. The Labute approximate surface area is 94.0 Å². The highest BCUT2D eigenvalue weighted by Crippen LogP contribution is 2.23. The predicted octanol–water partition coefficient (Wildman–Crippen LogP) is 1.41. The molecule has 5 heteroatoms. The maximum atomic E-state index is 11.5. The number of ether oxygens (including phenoxy) is 1. The van der Waals surface area contributed by atoms with E-state index in [0.717, 1.165) is 5.57 Å². The van der Waals surface area contributed by atoms with Crippen LogP contribution in [0.25, 0.3) is 0 Å². The summed E-state index contributed by atoms with van der Waals surface area (Å²) < 4.78 is 4.83. The van der Waals surface area contributed by atoms with E-state index in [1.54, 1.807) is 0 Å². The normalized spacial score (nSPS) is 22.2. The molecule has 0 aromatic rings. The summed E-state index contributed by atoms with van der Waals surface area (Å²) in [5.74, 6) is -1.01. The Balaban J connectivity index is 2.72. The minimum Gasteiger partial charge on any atom is -0.480 e. The van der Waals surface area contributed by atoms with Gasteiger partial charge in [-0.2, -0.15) is 0 Å². The first kappa shape index (κ1) is 12.3. The number of allylic oxidation sites excluding steroid dienone is 1. The molecule has 0 aromatic carbocycles. The summed E-state index contributed by atoms with van der Waals surface area (Å²) in [7, 11) is 0. The largest absolute Gasteiger partial charge is 0.480 e. The van der Waals surface area contributed by atoms with Crippen molar-refractivity contribution >= 4 is 12.1 Å².